The van der Waals surface area contributed by atoms with Gasteiger partial charge in [0.1, 0.15) is 44.2 Å². The fraction of sp³-hybridized carbons (Fsp3) is 0.625. The summed E-state index contributed by atoms with van der Waals surface area (Å²) in [5, 5.41) is 0. The van der Waals surface area contributed by atoms with Crippen molar-refractivity contribution in [1.82, 2.24) is 0 Å². The van der Waals surface area contributed by atoms with Crippen molar-refractivity contribution >= 4 is 0 Å². The maximum atomic E-state index is 5.73. The Kier molecular flexibility index (Phi) is 6.30. The number of para-hydroxylation sites is 1. The molecule has 0 aliphatic carbocycles. The Balaban J connectivity index is 1.51. The Hall–Kier alpha value is -1.10. The highest BCUT2D eigenvalue weighted by Gasteiger charge is 2.24. The average molecular weight is 280 g/mol. The lowest BCUT2D eigenvalue weighted by Crippen LogP contribution is -3.15. The molecule has 0 aromatic heterocycles. The second-order valence-electron chi connectivity index (χ2n) is 5.44. The fourth-order valence-electron chi connectivity index (χ4n) is 2.65. The summed E-state index contributed by atoms with van der Waals surface area (Å²) >= 11 is 0. The first-order chi connectivity index (χ1) is 9.74. The van der Waals surface area contributed by atoms with Gasteiger partial charge in [0.2, 0.25) is 0 Å². The van der Waals surface area contributed by atoms with Crippen LogP contribution in [0.25, 0.3) is 0 Å². The molecule has 0 saturated carbocycles. The van der Waals surface area contributed by atoms with E-state index in [2.05, 4.69) is 13.8 Å². The average Bonchev–Trinajstić information content (AvgIpc) is 2.43. The Morgan fingerprint density at radius 2 is 1.75 bits per heavy atom. The van der Waals surface area contributed by atoms with Gasteiger partial charge in [0, 0.05) is 0 Å². The van der Waals surface area contributed by atoms with Gasteiger partial charge in [0.15, 0.2) is 0 Å². The van der Waals surface area contributed by atoms with Crippen molar-refractivity contribution in [2.24, 2.45) is 0 Å². The lowest BCUT2D eigenvalue weighted by Gasteiger charge is -2.32. The van der Waals surface area contributed by atoms with Crippen molar-refractivity contribution in [3.8, 4) is 5.75 Å². The van der Waals surface area contributed by atoms with Crippen LogP contribution in [0, 0.1) is 0 Å². The maximum absolute atomic E-state index is 5.73. The van der Waals surface area contributed by atoms with Crippen LogP contribution in [-0.2, 0) is 9.47 Å². The van der Waals surface area contributed by atoms with Crippen LogP contribution in [-0.4, -0.2) is 51.7 Å². The summed E-state index contributed by atoms with van der Waals surface area (Å²) in [6.45, 7) is 9.52. The number of quaternary nitrogens is 1. The summed E-state index contributed by atoms with van der Waals surface area (Å²) in [7, 11) is 0. The van der Waals surface area contributed by atoms with E-state index < -0.39 is 0 Å². The van der Waals surface area contributed by atoms with Gasteiger partial charge < -0.3 is 19.1 Å². The quantitative estimate of drug-likeness (QED) is 0.749. The first-order valence-corrected chi connectivity index (χ1v) is 7.48. The minimum absolute atomic E-state index is 0.357. The van der Waals surface area contributed by atoms with Gasteiger partial charge in [-0.05, 0) is 26.0 Å². The molecule has 1 aromatic rings. The van der Waals surface area contributed by atoms with Gasteiger partial charge in [-0.1, -0.05) is 18.2 Å². The molecular formula is C16H26NO3+. The SMILES string of the molecule is C[C@@H]1C[NH+](CCOCCOc2ccccc2)C[C@@H](C)O1. The number of nitrogens with one attached hydrogen (secondary N) is 1. The van der Waals surface area contributed by atoms with E-state index in [1.165, 1.54) is 0 Å². The van der Waals surface area contributed by atoms with Crippen LogP contribution in [0.2, 0.25) is 0 Å². The van der Waals surface area contributed by atoms with Crippen LogP contribution in [0.5, 0.6) is 5.75 Å². The number of rotatable bonds is 7. The zero-order valence-corrected chi connectivity index (χ0v) is 12.5. The van der Waals surface area contributed by atoms with E-state index in [0.717, 1.165) is 32.0 Å². The molecule has 1 fully saturated rings. The van der Waals surface area contributed by atoms with Gasteiger partial charge in [-0.25, -0.2) is 0 Å². The Bertz CT molecular complexity index is 361. The highest BCUT2D eigenvalue weighted by molar-refractivity contribution is 5.20. The molecule has 1 saturated heterocycles. The number of hydrogen-bond donors (Lipinski definition) is 1. The van der Waals surface area contributed by atoms with Gasteiger partial charge in [-0.15, -0.1) is 0 Å². The molecule has 1 aliphatic heterocycles. The fourth-order valence-corrected chi connectivity index (χ4v) is 2.65. The number of hydrogen-bond acceptors (Lipinski definition) is 3. The number of morpholine rings is 1. The van der Waals surface area contributed by atoms with Gasteiger partial charge >= 0.3 is 0 Å². The Morgan fingerprint density at radius 3 is 2.45 bits per heavy atom. The summed E-state index contributed by atoms with van der Waals surface area (Å²) in [5.74, 6) is 0.901. The zero-order chi connectivity index (χ0) is 14.2. The van der Waals surface area contributed by atoms with Crippen molar-refractivity contribution in [2.75, 3.05) is 39.5 Å². The van der Waals surface area contributed by atoms with Gasteiger partial charge in [0.05, 0.1) is 13.2 Å². The molecule has 1 aliphatic rings. The van der Waals surface area contributed by atoms with Crippen molar-refractivity contribution < 1.29 is 19.1 Å². The molecule has 4 heteroatoms. The Morgan fingerprint density at radius 1 is 1.05 bits per heavy atom. The first-order valence-electron chi connectivity index (χ1n) is 7.48. The third-order valence-electron chi connectivity index (χ3n) is 3.46. The predicted molar refractivity (Wildman–Crippen MR) is 78.3 cm³/mol. The normalized spacial score (nSPS) is 26.4. The predicted octanol–water partition coefficient (Wildman–Crippen LogP) is 0.774. The topological polar surface area (TPSA) is 32.1 Å². The van der Waals surface area contributed by atoms with E-state index in [1.807, 2.05) is 30.3 Å². The van der Waals surface area contributed by atoms with Gasteiger partial charge in [0.25, 0.3) is 0 Å². The van der Waals surface area contributed by atoms with Crippen LogP contribution >= 0.6 is 0 Å². The summed E-state index contributed by atoms with van der Waals surface area (Å²) < 4.78 is 17.0. The molecular weight excluding hydrogens is 254 g/mol. The molecule has 0 radical (unpaired) electrons. The molecule has 0 amide bonds. The number of benzene rings is 1. The first kappa shape index (κ1) is 15.3. The lowest BCUT2D eigenvalue weighted by atomic mass is 10.2. The van der Waals surface area contributed by atoms with Crippen molar-refractivity contribution in [1.29, 1.82) is 0 Å². The molecule has 1 N–H and O–H groups in total. The van der Waals surface area contributed by atoms with Crippen molar-refractivity contribution in [3.05, 3.63) is 30.3 Å². The molecule has 20 heavy (non-hydrogen) atoms. The molecule has 1 heterocycles. The van der Waals surface area contributed by atoms with E-state index >= 15 is 0 Å². The van der Waals surface area contributed by atoms with Crippen molar-refractivity contribution in [3.63, 3.8) is 0 Å². The molecule has 1 aromatic carbocycles. The van der Waals surface area contributed by atoms with E-state index in [9.17, 15) is 0 Å². The molecule has 4 nitrogen and oxygen atoms in total. The standard InChI is InChI=1S/C16H25NO3/c1-14-12-17(13-15(2)20-14)8-9-18-10-11-19-16-6-4-3-5-7-16/h3-7,14-15H,8-13H2,1-2H3/p+1/t14-,15-/m1/s1. The summed E-state index contributed by atoms with van der Waals surface area (Å²) in [5.41, 5.74) is 0. The molecule has 0 bridgehead atoms. The van der Waals surface area contributed by atoms with Crippen LogP contribution < -0.4 is 9.64 Å². The second-order valence-corrected chi connectivity index (χ2v) is 5.44. The van der Waals surface area contributed by atoms with Crippen LogP contribution in [0.4, 0.5) is 0 Å². The van der Waals surface area contributed by atoms with E-state index in [1.54, 1.807) is 4.90 Å². The largest absolute Gasteiger partial charge is 0.491 e. The smallest absolute Gasteiger partial charge is 0.119 e. The van der Waals surface area contributed by atoms with E-state index in [4.69, 9.17) is 14.2 Å². The Labute approximate surface area is 121 Å². The van der Waals surface area contributed by atoms with Crippen LogP contribution in [0.3, 0.4) is 0 Å². The minimum Gasteiger partial charge on any atom is -0.491 e. The number of ether oxygens (including phenoxy) is 3. The van der Waals surface area contributed by atoms with Gasteiger partial charge in [-0.2, -0.15) is 0 Å². The van der Waals surface area contributed by atoms with Crippen LogP contribution in [0.15, 0.2) is 30.3 Å². The van der Waals surface area contributed by atoms with Crippen LogP contribution in [0.1, 0.15) is 13.8 Å². The summed E-state index contributed by atoms with van der Waals surface area (Å²) in [4.78, 5) is 1.57. The third-order valence-corrected chi connectivity index (χ3v) is 3.46. The molecule has 112 valence electrons. The molecule has 0 spiro atoms. The monoisotopic (exact) mass is 280 g/mol. The highest BCUT2D eigenvalue weighted by atomic mass is 16.5. The van der Waals surface area contributed by atoms with E-state index in [0.29, 0.717) is 25.4 Å². The highest BCUT2D eigenvalue weighted by Crippen LogP contribution is 2.07. The lowest BCUT2D eigenvalue weighted by molar-refractivity contribution is -0.915. The summed E-state index contributed by atoms with van der Waals surface area (Å²) in [6, 6.07) is 9.85. The van der Waals surface area contributed by atoms with Crippen molar-refractivity contribution in [2.45, 2.75) is 26.1 Å². The maximum Gasteiger partial charge on any atom is 0.119 e. The summed E-state index contributed by atoms with van der Waals surface area (Å²) in [6.07, 6.45) is 0.713. The molecule has 0 unspecified atom stereocenters. The molecule has 2 atom stereocenters. The minimum atomic E-state index is 0.357. The molecule has 2 rings (SSSR count). The van der Waals surface area contributed by atoms with Gasteiger partial charge in [-0.3, -0.25) is 0 Å². The second kappa shape index (κ2) is 8.25. The zero-order valence-electron chi connectivity index (χ0n) is 12.5. The third kappa shape index (κ3) is 5.49. The van der Waals surface area contributed by atoms with E-state index in [-0.39, 0.29) is 0 Å².